The van der Waals surface area contributed by atoms with Gasteiger partial charge in [0.05, 0.1) is 16.7 Å². The Bertz CT molecular complexity index is 558. The van der Waals surface area contributed by atoms with Crippen molar-refractivity contribution in [2.75, 3.05) is 5.73 Å². The summed E-state index contributed by atoms with van der Waals surface area (Å²) in [6, 6.07) is 5.27. The largest absolute Gasteiger partial charge is 0.475 e. The lowest BCUT2D eigenvalue weighted by atomic mass is 10.2. The van der Waals surface area contributed by atoms with Gasteiger partial charge in [0.1, 0.15) is 0 Å². The third-order valence-corrected chi connectivity index (χ3v) is 2.45. The van der Waals surface area contributed by atoms with Gasteiger partial charge in [-0.25, -0.2) is 9.78 Å². The van der Waals surface area contributed by atoms with Crippen molar-refractivity contribution in [3.63, 3.8) is 0 Å². The Morgan fingerprint density at radius 2 is 2.19 bits per heavy atom. The van der Waals surface area contributed by atoms with Gasteiger partial charge in [0.15, 0.2) is 0 Å². The summed E-state index contributed by atoms with van der Waals surface area (Å²) in [6.45, 7) is 3.81. The van der Waals surface area contributed by atoms with Crippen molar-refractivity contribution in [3.05, 3.63) is 24.0 Å². The van der Waals surface area contributed by atoms with Gasteiger partial charge in [0.25, 0.3) is 0 Å². The molecule has 0 aliphatic heterocycles. The number of hydrogen-bond donors (Lipinski definition) is 2. The molecule has 0 radical (unpaired) electrons. The van der Waals surface area contributed by atoms with Gasteiger partial charge >= 0.3 is 5.97 Å². The standard InChI is InChI=1S/C11H13N3O2/c1-6(2)14-9-7(12)4-3-5-8(9)13-10(14)11(15)16/h3-6H,12H2,1-2H3,(H,15,16). The van der Waals surface area contributed by atoms with E-state index >= 15 is 0 Å². The van der Waals surface area contributed by atoms with E-state index in [0.717, 1.165) is 0 Å². The van der Waals surface area contributed by atoms with Crippen LogP contribution in [0.15, 0.2) is 18.2 Å². The Morgan fingerprint density at radius 3 is 2.75 bits per heavy atom. The van der Waals surface area contributed by atoms with Gasteiger partial charge in [-0.15, -0.1) is 0 Å². The van der Waals surface area contributed by atoms with Gasteiger partial charge in [-0.1, -0.05) is 6.07 Å². The molecule has 0 aliphatic carbocycles. The number of carbonyl (C=O) groups is 1. The van der Waals surface area contributed by atoms with Crippen LogP contribution in [-0.4, -0.2) is 20.6 Å². The van der Waals surface area contributed by atoms with Crippen LogP contribution in [0.4, 0.5) is 5.69 Å². The Labute approximate surface area is 92.5 Å². The first-order chi connectivity index (χ1) is 7.52. The number of nitrogens with zero attached hydrogens (tertiary/aromatic N) is 2. The first-order valence-corrected chi connectivity index (χ1v) is 5.02. The van der Waals surface area contributed by atoms with Crippen LogP contribution >= 0.6 is 0 Å². The second kappa shape index (κ2) is 3.52. The number of anilines is 1. The normalized spacial score (nSPS) is 11.2. The topological polar surface area (TPSA) is 81.1 Å². The number of carboxylic acid groups (broad SMARTS) is 1. The van der Waals surface area contributed by atoms with Gasteiger partial charge in [0, 0.05) is 6.04 Å². The minimum absolute atomic E-state index is 0.000741. The maximum Gasteiger partial charge on any atom is 0.372 e. The van der Waals surface area contributed by atoms with Crippen LogP contribution in [0.2, 0.25) is 0 Å². The molecule has 0 aliphatic rings. The number of hydrogen-bond acceptors (Lipinski definition) is 3. The Hall–Kier alpha value is -2.04. The predicted molar refractivity (Wildman–Crippen MR) is 61.5 cm³/mol. The summed E-state index contributed by atoms with van der Waals surface area (Å²) < 4.78 is 1.65. The van der Waals surface area contributed by atoms with Crippen molar-refractivity contribution >= 4 is 22.7 Å². The summed E-state index contributed by atoms with van der Waals surface area (Å²) in [4.78, 5) is 15.2. The molecule has 1 heterocycles. The van der Waals surface area contributed by atoms with E-state index in [-0.39, 0.29) is 11.9 Å². The molecule has 16 heavy (non-hydrogen) atoms. The second-order valence-electron chi connectivity index (χ2n) is 3.92. The molecule has 1 aromatic carbocycles. The van der Waals surface area contributed by atoms with Crippen LogP contribution in [0.3, 0.4) is 0 Å². The minimum atomic E-state index is -1.04. The van der Waals surface area contributed by atoms with Gasteiger partial charge in [-0.05, 0) is 26.0 Å². The fraction of sp³-hybridized carbons (Fsp3) is 0.273. The third-order valence-electron chi connectivity index (χ3n) is 2.45. The molecule has 5 heteroatoms. The van der Waals surface area contributed by atoms with E-state index in [1.54, 1.807) is 22.8 Å². The van der Waals surface area contributed by atoms with E-state index in [4.69, 9.17) is 10.8 Å². The van der Waals surface area contributed by atoms with Crippen LogP contribution in [0, 0.1) is 0 Å². The highest BCUT2D eigenvalue weighted by atomic mass is 16.4. The molecule has 0 amide bonds. The number of aromatic nitrogens is 2. The monoisotopic (exact) mass is 219 g/mol. The molecular formula is C11H13N3O2. The van der Waals surface area contributed by atoms with E-state index in [1.165, 1.54) is 0 Å². The summed E-state index contributed by atoms with van der Waals surface area (Å²) in [7, 11) is 0. The molecule has 0 saturated heterocycles. The molecule has 0 bridgehead atoms. The SMILES string of the molecule is CC(C)n1c(C(=O)O)nc2cccc(N)c21. The fourth-order valence-electron chi connectivity index (χ4n) is 1.83. The fourth-order valence-corrected chi connectivity index (χ4v) is 1.83. The summed E-state index contributed by atoms with van der Waals surface area (Å²) in [6.07, 6.45) is 0. The average Bonchev–Trinajstić information content (AvgIpc) is 2.58. The third kappa shape index (κ3) is 1.41. The van der Waals surface area contributed by atoms with Crippen molar-refractivity contribution in [1.82, 2.24) is 9.55 Å². The van der Waals surface area contributed by atoms with Gasteiger partial charge < -0.3 is 15.4 Å². The van der Waals surface area contributed by atoms with E-state index in [0.29, 0.717) is 16.7 Å². The number of benzene rings is 1. The summed E-state index contributed by atoms with van der Waals surface area (Å²) in [5.74, 6) is -1.01. The van der Waals surface area contributed by atoms with Crippen molar-refractivity contribution in [1.29, 1.82) is 0 Å². The van der Waals surface area contributed by atoms with Crippen molar-refractivity contribution in [3.8, 4) is 0 Å². The zero-order valence-electron chi connectivity index (χ0n) is 9.14. The molecule has 0 fully saturated rings. The lowest BCUT2D eigenvalue weighted by molar-refractivity contribution is 0.0677. The molecule has 0 spiro atoms. The van der Waals surface area contributed by atoms with E-state index in [1.807, 2.05) is 13.8 Å². The summed E-state index contributed by atoms with van der Waals surface area (Å²) >= 11 is 0. The number of carboxylic acids is 1. The minimum Gasteiger partial charge on any atom is -0.475 e. The zero-order chi connectivity index (χ0) is 11.9. The van der Waals surface area contributed by atoms with E-state index in [2.05, 4.69) is 4.98 Å². The molecule has 0 atom stereocenters. The van der Waals surface area contributed by atoms with E-state index in [9.17, 15) is 4.79 Å². The van der Waals surface area contributed by atoms with Gasteiger partial charge in [-0.2, -0.15) is 0 Å². The number of fused-ring (bicyclic) bond motifs is 1. The molecule has 3 N–H and O–H groups in total. The zero-order valence-corrected chi connectivity index (χ0v) is 9.14. The number of nitrogens with two attached hydrogens (primary N) is 1. The molecule has 84 valence electrons. The van der Waals surface area contributed by atoms with Crippen LogP contribution in [-0.2, 0) is 0 Å². The number of nitrogen functional groups attached to an aromatic ring is 1. The molecule has 2 rings (SSSR count). The van der Waals surface area contributed by atoms with Crippen LogP contribution in [0.25, 0.3) is 11.0 Å². The highest BCUT2D eigenvalue weighted by Crippen LogP contribution is 2.25. The Balaban J connectivity index is 2.88. The smallest absolute Gasteiger partial charge is 0.372 e. The van der Waals surface area contributed by atoms with Crippen molar-refractivity contribution in [2.24, 2.45) is 0 Å². The molecule has 1 aromatic heterocycles. The first kappa shape index (κ1) is 10.5. The van der Waals surface area contributed by atoms with Crippen molar-refractivity contribution < 1.29 is 9.90 Å². The molecule has 5 nitrogen and oxygen atoms in total. The first-order valence-electron chi connectivity index (χ1n) is 5.02. The number of para-hydroxylation sites is 1. The van der Waals surface area contributed by atoms with Crippen LogP contribution < -0.4 is 5.73 Å². The Kier molecular flexibility index (Phi) is 2.30. The molecular weight excluding hydrogens is 206 g/mol. The molecule has 2 aromatic rings. The Morgan fingerprint density at radius 1 is 1.50 bits per heavy atom. The predicted octanol–water partition coefficient (Wildman–Crippen LogP) is 1.90. The van der Waals surface area contributed by atoms with Gasteiger partial charge in [0.2, 0.25) is 5.82 Å². The molecule has 0 saturated carbocycles. The van der Waals surface area contributed by atoms with E-state index < -0.39 is 5.97 Å². The highest BCUT2D eigenvalue weighted by Gasteiger charge is 2.19. The number of imidazole rings is 1. The maximum absolute atomic E-state index is 11.1. The van der Waals surface area contributed by atoms with Crippen molar-refractivity contribution in [2.45, 2.75) is 19.9 Å². The highest BCUT2D eigenvalue weighted by molar-refractivity contribution is 5.94. The average molecular weight is 219 g/mol. The van der Waals surface area contributed by atoms with Crippen LogP contribution in [0.1, 0.15) is 30.5 Å². The quantitative estimate of drug-likeness (QED) is 0.756. The van der Waals surface area contributed by atoms with Crippen LogP contribution in [0.5, 0.6) is 0 Å². The summed E-state index contributed by atoms with van der Waals surface area (Å²) in [5.41, 5.74) is 7.71. The number of rotatable bonds is 2. The lowest BCUT2D eigenvalue weighted by Gasteiger charge is -2.11. The molecule has 0 unspecified atom stereocenters. The lowest BCUT2D eigenvalue weighted by Crippen LogP contribution is -2.12. The second-order valence-corrected chi connectivity index (χ2v) is 3.92. The summed E-state index contributed by atoms with van der Waals surface area (Å²) in [5, 5.41) is 9.08. The maximum atomic E-state index is 11.1. The van der Waals surface area contributed by atoms with Gasteiger partial charge in [-0.3, -0.25) is 0 Å². The number of aromatic carboxylic acids is 1.